The molecular weight excluding hydrogens is 322 g/mol. The summed E-state index contributed by atoms with van der Waals surface area (Å²) in [5.41, 5.74) is 9.70. The number of nitrogens with two attached hydrogens (primary N) is 1. The summed E-state index contributed by atoms with van der Waals surface area (Å²) in [6.45, 7) is 12.4. The molecule has 2 aromatic rings. The number of rotatable bonds is 3. The van der Waals surface area contributed by atoms with E-state index in [9.17, 15) is 0 Å². The minimum atomic E-state index is 0.00686. The lowest BCUT2D eigenvalue weighted by atomic mass is 10.1. The van der Waals surface area contributed by atoms with E-state index in [0.29, 0.717) is 22.6 Å². The van der Waals surface area contributed by atoms with E-state index in [1.54, 1.807) is 12.3 Å². The molecule has 0 unspecified atom stereocenters. The van der Waals surface area contributed by atoms with E-state index >= 15 is 0 Å². The van der Waals surface area contributed by atoms with E-state index in [4.69, 9.17) is 5.73 Å². The SMILES string of the molecule is C=Cc1c(N)ncc(C#Cc2ccc(C3=NCC(C)(C)N3)cc2)c1N=C. The van der Waals surface area contributed by atoms with Crippen LogP contribution >= 0.6 is 0 Å². The Morgan fingerprint density at radius 1 is 1.27 bits per heavy atom. The van der Waals surface area contributed by atoms with Gasteiger partial charge in [-0.2, -0.15) is 0 Å². The highest BCUT2D eigenvalue weighted by Gasteiger charge is 2.25. The van der Waals surface area contributed by atoms with Gasteiger partial charge in [-0.3, -0.25) is 9.98 Å². The second-order valence-corrected chi connectivity index (χ2v) is 6.68. The van der Waals surface area contributed by atoms with Crippen molar-refractivity contribution in [2.45, 2.75) is 19.4 Å². The van der Waals surface area contributed by atoms with Crippen LogP contribution < -0.4 is 11.1 Å². The van der Waals surface area contributed by atoms with Crippen LogP contribution in [-0.2, 0) is 0 Å². The largest absolute Gasteiger partial charge is 0.383 e. The number of aromatic nitrogens is 1. The fourth-order valence-corrected chi connectivity index (χ4v) is 2.68. The fraction of sp³-hybridized carbons (Fsp3) is 0.190. The molecule has 130 valence electrons. The highest BCUT2D eigenvalue weighted by Crippen LogP contribution is 2.27. The molecule has 1 aliphatic rings. The second-order valence-electron chi connectivity index (χ2n) is 6.68. The van der Waals surface area contributed by atoms with E-state index in [1.165, 1.54) is 0 Å². The predicted octanol–water partition coefficient (Wildman–Crippen LogP) is 3.17. The van der Waals surface area contributed by atoms with E-state index in [2.05, 4.69) is 59.3 Å². The molecular formula is C21H21N5. The molecule has 0 saturated heterocycles. The molecule has 0 spiro atoms. The molecule has 2 heterocycles. The van der Waals surface area contributed by atoms with Gasteiger partial charge in [-0.05, 0) is 32.7 Å². The smallest absolute Gasteiger partial charge is 0.132 e. The standard InChI is InChI=1S/C21H21N5/c1-5-17-18(23-4)16(12-24-19(17)22)11-8-14-6-9-15(10-7-14)20-25-13-21(2,3)26-20/h5-7,9-10,12H,1,4,13H2,2-3H3,(H2,22,24)(H,25,26). The first-order valence-corrected chi connectivity index (χ1v) is 8.26. The number of benzene rings is 1. The molecule has 0 atom stereocenters. The fourth-order valence-electron chi connectivity index (χ4n) is 2.68. The molecule has 0 aliphatic carbocycles. The Labute approximate surface area is 153 Å². The summed E-state index contributed by atoms with van der Waals surface area (Å²) in [5.74, 6) is 7.50. The molecule has 5 nitrogen and oxygen atoms in total. The van der Waals surface area contributed by atoms with Crippen molar-refractivity contribution < 1.29 is 0 Å². The molecule has 26 heavy (non-hydrogen) atoms. The third-order valence-electron chi connectivity index (χ3n) is 4.07. The average molecular weight is 343 g/mol. The van der Waals surface area contributed by atoms with E-state index in [-0.39, 0.29) is 5.54 Å². The number of nitrogen functional groups attached to an aromatic ring is 1. The number of hydrogen-bond acceptors (Lipinski definition) is 5. The summed E-state index contributed by atoms with van der Waals surface area (Å²) in [7, 11) is 0. The zero-order valence-corrected chi connectivity index (χ0v) is 15.0. The molecule has 0 amide bonds. The molecule has 1 aromatic carbocycles. The number of pyridine rings is 1. The lowest BCUT2D eigenvalue weighted by Crippen LogP contribution is -2.39. The van der Waals surface area contributed by atoms with Crippen molar-refractivity contribution in [3.05, 3.63) is 59.3 Å². The van der Waals surface area contributed by atoms with E-state index < -0.39 is 0 Å². The van der Waals surface area contributed by atoms with Crippen molar-refractivity contribution in [2.75, 3.05) is 12.3 Å². The number of amidine groups is 1. The lowest BCUT2D eigenvalue weighted by Gasteiger charge is -2.18. The number of aliphatic imine (C=N–C) groups is 2. The van der Waals surface area contributed by atoms with Crippen LogP contribution in [0, 0.1) is 11.8 Å². The maximum atomic E-state index is 5.84. The van der Waals surface area contributed by atoms with Crippen LogP contribution in [0.3, 0.4) is 0 Å². The van der Waals surface area contributed by atoms with Crippen molar-refractivity contribution in [3.8, 4) is 11.8 Å². The van der Waals surface area contributed by atoms with Gasteiger partial charge >= 0.3 is 0 Å². The van der Waals surface area contributed by atoms with Crippen molar-refractivity contribution in [3.63, 3.8) is 0 Å². The topological polar surface area (TPSA) is 75.7 Å². The molecule has 5 heteroatoms. The van der Waals surface area contributed by atoms with Gasteiger partial charge in [0.05, 0.1) is 23.3 Å². The van der Waals surface area contributed by atoms with Gasteiger partial charge in [0.15, 0.2) is 0 Å². The van der Waals surface area contributed by atoms with Crippen molar-refractivity contribution >= 4 is 30.1 Å². The number of hydrogen-bond donors (Lipinski definition) is 2. The zero-order chi connectivity index (χ0) is 18.7. The Balaban J connectivity index is 1.86. The highest BCUT2D eigenvalue weighted by atomic mass is 15.1. The normalized spacial score (nSPS) is 14.6. The molecule has 1 aromatic heterocycles. The Bertz CT molecular complexity index is 956. The van der Waals surface area contributed by atoms with Gasteiger partial charge in [-0.1, -0.05) is 36.6 Å². The summed E-state index contributed by atoms with van der Waals surface area (Å²) in [6.07, 6.45) is 3.22. The molecule has 0 saturated carbocycles. The first kappa shape index (κ1) is 17.4. The maximum Gasteiger partial charge on any atom is 0.132 e. The lowest BCUT2D eigenvalue weighted by molar-refractivity contribution is 0.506. The van der Waals surface area contributed by atoms with Crippen molar-refractivity contribution in [2.24, 2.45) is 9.98 Å². The molecule has 0 bridgehead atoms. The first-order chi connectivity index (χ1) is 12.4. The van der Waals surface area contributed by atoms with E-state index in [1.807, 2.05) is 24.3 Å². The van der Waals surface area contributed by atoms with Gasteiger partial charge in [-0.15, -0.1) is 0 Å². The monoisotopic (exact) mass is 343 g/mol. The molecule has 3 N–H and O–H groups in total. The Hall–Kier alpha value is -3.39. The van der Waals surface area contributed by atoms with Gasteiger partial charge < -0.3 is 11.1 Å². The molecule has 0 fully saturated rings. The molecule has 3 rings (SSSR count). The Morgan fingerprint density at radius 3 is 2.58 bits per heavy atom. The Kier molecular flexibility index (Phi) is 4.59. The zero-order valence-electron chi connectivity index (χ0n) is 15.0. The summed E-state index contributed by atoms with van der Waals surface area (Å²) in [4.78, 5) is 12.7. The number of nitrogens with one attached hydrogen (secondary N) is 1. The second kappa shape index (κ2) is 6.85. The average Bonchev–Trinajstić information content (AvgIpc) is 3.00. The quantitative estimate of drug-likeness (QED) is 0.664. The van der Waals surface area contributed by atoms with Gasteiger partial charge in [0, 0.05) is 22.9 Å². The van der Waals surface area contributed by atoms with Crippen LogP contribution in [0.1, 0.15) is 36.1 Å². The van der Waals surface area contributed by atoms with Crippen LogP contribution in [0.15, 0.2) is 47.0 Å². The van der Waals surface area contributed by atoms with E-state index in [0.717, 1.165) is 23.5 Å². The highest BCUT2D eigenvalue weighted by molar-refractivity contribution is 6.00. The summed E-state index contributed by atoms with van der Waals surface area (Å²) < 4.78 is 0. The van der Waals surface area contributed by atoms with Crippen LogP contribution in [-0.4, -0.2) is 29.6 Å². The summed E-state index contributed by atoms with van der Waals surface area (Å²) in [6, 6.07) is 7.97. The Morgan fingerprint density at radius 2 is 2.00 bits per heavy atom. The third-order valence-corrected chi connectivity index (χ3v) is 4.07. The van der Waals surface area contributed by atoms with Crippen LogP contribution in [0.2, 0.25) is 0 Å². The number of anilines is 1. The van der Waals surface area contributed by atoms with Gasteiger partial charge in [0.25, 0.3) is 0 Å². The van der Waals surface area contributed by atoms with Gasteiger partial charge in [0.1, 0.15) is 11.7 Å². The van der Waals surface area contributed by atoms with Gasteiger partial charge in [0.2, 0.25) is 0 Å². The molecule has 0 radical (unpaired) electrons. The number of nitrogens with zero attached hydrogens (tertiary/aromatic N) is 3. The van der Waals surface area contributed by atoms with Crippen molar-refractivity contribution in [1.82, 2.24) is 10.3 Å². The maximum absolute atomic E-state index is 5.84. The minimum Gasteiger partial charge on any atom is -0.383 e. The van der Waals surface area contributed by atoms with Gasteiger partial charge in [-0.25, -0.2) is 4.98 Å². The van der Waals surface area contributed by atoms with Crippen LogP contribution in [0.25, 0.3) is 6.08 Å². The first-order valence-electron chi connectivity index (χ1n) is 8.26. The summed E-state index contributed by atoms with van der Waals surface area (Å²) >= 11 is 0. The predicted molar refractivity (Wildman–Crippen MR) is 109 cm³/mol. The molecule has 1 aliphatic heterocycles. The van der Waals surface area contributed by atoms with Crippen LogP contribution in [0.5, 0.6) is 0 Å². The minimum absolute atomic E-state index is 0.00686. The summed E-state index contributed by atoms with van der Waals surface area (Å²) in [5, 5.41) is 3.42. The van der Waals surface area contributed by atoms with Crippen molar-refractivity contribution in [1.29, 1.82) is 0 Å². The van der Waals surface area contributed by atoms with Crippen LogP contribution in [0.4, 0.5) is 11.5 Å². The third kappa shape index (κ3) is 3.50.